The topological polar surface area (TPSA) is 95.9 Å². The molecule has 0 aromatic carbocycles. The van der Waals surface area contributed by atoms with Crippen LogP contribution < -0.4 is 5.32 Å². The second kappa shape index (κ2) is 6.19. The summed E-state index contributed by atoms with van der Waals surface area (Å²) in [5.74, 6) is -1.79. The monoisotopic (exact) mass is 244 g/mol. The predicted octanol–water partition coefficient (Wildman–Crippen LogP) is -0.192. The fourth-order valence-corrected chi connectivity index (χ4v) is 1.41. The van der Waals surface area contributed by atoms with E-state index in [1.807, 2.05) is 0 Å². The van der Waals surface area contributed by atoms with E-state index in [0.717, 1.165) is 19.3 Å². The number of amides is 3. The second-order valence-electron chi connectivity index (χ2n) is 3.94. The van der Waals surface area contributed by atoms with Gasteiger partial charge in [0.25, 0.3) is 5.91 Å². The van der Waals surface area contributed by atoms with E-state index in [1.165, 1.54) is 4.90 Å². The van der Waals surface area contributed by atoms with E-state index in [4.69, 9.17) is 5.11 Å². The van der Waals surface area contributed by atoms with E-state index >= 15 is 0 Å². The highest BCUT2D eigenvalue weighted by Gasteiger charge is 2.26. The molecule has 1 rings (SSSR count). The molecular weight excluding hydrogens is 228 g/mol. The lowest BCUT2D eigenvalue weighted by molar-refractivity contribution is -0.143. The van der Waals surface area contributed by atoms with E-state index in [2.05, 4.69) is 10.1 Å². The van der Waals surface area contributed by atoms with Gasteiger partial charge in [0.15, 0.2) is 0 Å². The minimum absolute atomic E-state index is 0.197. The molecule has 0 aliphatic heterocycles. The molecule has 0 heterocycles. The van der Waals surface area contributed by atoms with Crippen LogP contribution in [0.5, 0.6) is 0 Å². The number of urea groups is 1. The summed E-state index contributed by atoms with van der Waals surface area (Å²) in [6.07, 6.45) is 3.00. The number of hydrogen-bond acceptors (Lipinski definition) is 4. The van der Waals surface area contributed by atoms with Crippen LogP contribution >= 0.6 is 0 Å². The van der Waals surface area contributed by atoms with E-state index < -0.39 is 31.1 Å². The average Bonchev–Trinajstić information content (AvgIpc) is 2.13. The molecule has 3 amide bonds. The Morgan fingerprint density at radius 3 is 2.47 bits per heavy atom. The lowest BCUT2D eigenvalue weighted by atomic mass is 9.92. The van der Waals surface area contributed by atoms with Crippen molar-refractivity contribution in [3.05, 3.63) is 0 Å². The van der Waals surface area contributed by atoms with Crippen molar-refractivity contribution in [2.75, 3.05) is 20.3 Å². The van der Waals surface area contributed by atoms with Gasteiger partial charge in [-0.25, -0.2) is 9.59 Å². The Morgan fingerprint density at radius 1 is 1.35 bits per heavy atom. The molecule has 0 aromatic heterocycles. The number of ether oxygens (including phenoxy) is 1. The van der Waals surface area contributed by atoms with Crippen molar-refractivity contribution in [1.29, 1.82) is 0 Å². The number of nitrogens with one attached hydrogen (secondary N) is 1. The SMILES string of the molecule is CN(C(=O)NC(=O)COCC(=O)O)C1CCC1. The molecule has 2 N–H and O–H groups in total. The largest absolute Gasteiger partial charge is 0.480 e. The Hall–Kier alpha value is -1.63. The first-order chi connectivity index (χ1) is 8.00. The van der Waals surface area contributed by atoms with Crippen molar-refractivity contribution >= 4 is 17.9 Å². The molecule has 0 radical (unpaired) electrons. The van der Waals surface area contributed by atoms with Crippen LogP contribution in [-0.4, -0.2) is 54.2 Å². The Balaban J connectivity index is 2.20. The molecule has 0 saturated heterocycles. The first-order valence-corrected chi connectivity index (χ1v) is 5.37. The van der Waals surface area contributed by atoms with Gasteiger partial charge < -0.3 is 14.7 Å². The summed E-state index contributed by atoms with van der Waals surface area (Å²) in [4.78, 5) is 34.3. The lowest BCUT2D eigenvalue weighted by Crippen LogP contribution is -2.49. The number of nitrogens with zero attached hydrogens (tertiary/aromatic N) is 1. The molecular formula is C10H16N2O5. The minimum Gasteiger partial charge on any atom is -0.480 e. The number of carbonyl (C=O) groups excluding carboxylic acids is 2. The molecule has 0 atom stereocenters. The van der Waals surface area contributed by atoms with Gasteiger partial charge in [-0.05, 0) is 19.3 Å². The minimum atomic E-state index is -1.16. The highest BCUT2D eigenvalue weighted by Crippen LogP contribution is 2.23. The number of carboxylic acid groups (broad SMARTS) is 1. The van der Waals surface area contributed by atoms with Gasteiger partial charge >= 0.3 is 12.0 Å². The van der Waals surface area contributed by atoms with Crippen LogP contribution in [0.3, 0.4) is 0 Å². The molecule has 7 nitrogen and oxygen atoms in total. The molecule has 1 fully saturated rings. The second-order valence-corrected chi connectivity index (χ2v) is 3.94. The maximum atomic E-state index is 11.5. The summed E-state index contributed by atoms with van der Waals surface area (Å²) in [5.41, 5.74) is 0. The first-order valence-electron chi connectivity index (χ1n) is 5.37. The van der Waals surface area contributed by atoms with Crippen LogP contribution in [-0.2, 0) is 14.3 Å². The van der Waals surface area contributed by atoms with E-state index in [9.17, 15) is 14.4 Å². The third-order valence-corrected chi connectivity index (χ3v) is 2.65. The number of carboxylic acids is 1. The normalized spacial score (nSPS) is 14.9. The van der Waals surface area contributed by atoms with Crippen molar-refractivity contribution in [2.45, 2.75) is 25.3 Å². The molecule has 0 spiro atoms. The maximum absolute atomic E-state index is 11.5. The molecule has 1 saturated carbocycles. The summed E-state index contributed by atoms with van der Waals surface area (Å²) in [6, 6.07) is -0.277. The van der Waals surface area contributed by atoms with Crippen molar-refractivity contribution in [3.8, 4) is 0 Å². The molecule has 7 heteroatoms. The highest BCUT2D eigenvalue weighted by atomic mass is 16.5. The Bertz CT molecular complexity index is 314. The van der Waals surface area contributed by atoms with Crippen molar-refractivity contribution in [3.63, 3.8) is 0 Å². The molecule has 17 heavy (non-hydrogen) atoms. The van der Waals surface area contributed by atoms with Gasteiger partial charge in [0.05, 0.1) is 0 Å². The van der Waals surface area contributed by atoms with Gasteiger partial charge in [0, 0.05) is 13.1 Å². The molecule has 0 bridgehead atoms. The van der Waals surface area contributed by atoms with Crippen molar-refractivity contribution in [1.82, 2.24) is 10.2 Å². The van der Waals surface area contributed by atoms with E-state index in [1.54, 1.807) is 7.05 Å². The zero-order valence-electron chi connectivity index (χ0n) is 9.64. The number of carbonyl (C=O) groups is 3. The number of imide groups is 1. The Kier molecular flexibility index (Phi) is 4.89. The Labute approximate surface area is 98.7 Å². The van der Waals surface area contributed by atoms with Gasteiger partial charge in [-0.15, -0.1) is 0 Å². The number of aliphatic carboxylic acids is 1. The van der Waals surface area contributed by atoms with E-state index in [0.29, 0.717) is 0 Å². The van der Waals surface area contributed by atoms with Crippen LogP contribution in [0, 0.1) is 0 Å². The quantitative estimate of drug-likeness (QED) is 0.698. The summed E-state index contributed by atoms with van der Waals surface area (Å²) >= 11 is 0. The number of rotatable bonds is 5. The highest BCUT2D eigenvalue weighted by molar-refractivity contribution is 5.95. The van der Waals surface area contributed by atoms with Gasteiger partial charge in [-0.1, -0.05) is 0 Å². The van der Waals surface area contributed by atoms with E-state index in [-0.39, 0.29) is 6.04 Å². The van der Waals surface area contributed by atoms with Crippen LogP contribution in [0.25, 0.3) is 0 Å². The first kappa shape index (κ1) is 13.4. The lowest BCUT2D eigenvalue weighted by Gasteiger charge is -2.34. The maximum Gasteiger partial charge on any atom is 0.329 e. The predicted molar refractivity (Wildman–Crippen MR) is 57.4 cm³/mol. The van der Waals surface area contributed by atoms with Gasteiger partial charge in [0.1, 0.15) is 13.2 Å². The summed E-state index contributed by atoms with van der Waals surface area (Å²) < 4.78 is 4.56. The van der Waals surface area contributed by atoms with Gasteiger partial charge in [-0.2, -0.15) is 0 Å². The summed E-state index contributed by atoms with van der Waals surface area (Å²) in [5, 5.41) is 10.4. The molecule has 96 valence electrons. The van der Waals surface area contributed by atoms with Gasteiger partial charge in [0.2, 0.25) is 0 Å². The summed E-state index contributed by atoms with van der Waals surface area (Å²) in [6.45, 7) is -0.989. The smallest absolute Gasteiger partial charge is 0.329 e. The van der Waals surface area contributed by atoms with Crippen LogP contribution in [0.4, 0.5) is 4.79 Å². The van der Waals surface area contributed by atoms with Gasteiger partial charge in [-0.3, -0.25) is 10.1 Å². The standard InChI is InChI=1S/C10H16N2O5/c1-12(7-3-2-4-7)10(16)11-8(13)5-17-6-9(14)15/h7H,2-6H2,1H3,(H,14,15)(H,11,13,16). The van der Waals surface area contributed by atoms with Crippen LogP contribution in [0.1, 0.15) is 19.3 Å². The Morgan fingerprint density at radius 2 is 2.00 bits per heavy atom. The van der Waals surface area contributed by atoms with Crippen LogP contribution in [0.15, 0.2) is 0 Å². The molecule has 1 aliphatic carbocycles. The zero-order valence-corrected chi connectivity index (χ0v) is 9.64. The molecule has 1 aliphatic rings. The molecule has 0 aromatic rings. The zero-order chi connectivity index (χ0) is 12.8. The van der Waals surface area contributed by atoms with Crippen molar-refractivity contribution in [2.24, 2.45) is 0 Å². The average molecular weight is 244 g/mol. The fraction of sp³-hybridized carbons (Fsp3) is 0.700. The summed E-state index contributed by atoms with van der Waals surface area (Å²) in [7, 11) is 1.63. The fourth-order valence-electron chi connectivity index (χ4n) is 1.41. The third-order valence-electron chi connectivity index (χ3n) is 2.65. The third kappa shape index (κ3) is 4.39. The number of hydrogen-bond donors (Lipinski definition) is 2. The van der Waals surface area contributed by atoms with Crippen LogP contribution in [0.2, 0.25) is 0 Å². The molecule has 0 unspecified atom stereocenters. The van der Waals surface area contributed by atoms with Crippen molar-refractivity contribution < 1.29 is 24.2 Å².